The van der Waals surface area contributed by atoms with Crippen molar-refractivity contribution >= 4 is 29.1 Å². The molecule has 10 heteroatoms. The largest absolute Gasteiger partial charge is 0.467 e. The van der Waals surface area contributed by atoms with Crippen LogP contribution in [0.3, 0.4) is 0 Å². The van der Waals surface area contributed by atoms with Gasteiger partial charge in [-0.15, -0.1) is 0 Å². The van der Waals surface area contributed by atoms with Crippen molar-refractivity contribution in [3.05, 3.63) is 11.5 Å². The van der Waals surface area contributed by atoms with Crippen molar-refractivity contribution in [2.75, 3.05) is 24.3 Å². The topological polar surface area (TPSA) is 81.3 Å². The number of aromatic nitrogens is 2. The number of nitrogen functional groups attached to an aromatic ring is 1. The lowest BCUT2D eigenvalue weighted by Crippen LogP contribution is -2.44. The van der Waals surface area contributed by atoms with Crippen molar-refractivity contribution in [1.82, 2.24) is 9.97 Å². The second kappa shape index (κ2) is 7.48. The molecule has 0 saturated carbocycles. The minimum absolute atomic E-state index is 0.0222. The molecule has 0 aliphatic rings. The van der Waals surface area contributed by atoms with E-state index in [-0.39, 0.29) is 23.2 Å². The Morgan fingerprint density at radius 2 is 2.18 bits per heavy atom. The fraction of sp³-hybridized carbons (Fsp3) is 0.583. The minimum atomic E-state index is -4.39. The zero-order valence-corrected chi connectivity index (χ0v) is 12.8. The third kappa shape index (κ3) is 4.90. The van der Waals surface area contributed by atoms with Crippen LogP contribution in [0, 0.1) is 0 Å². The van der Waals surface area contributed by atoms with Crippen molar-refractivity contribution < 1.29 is 22.7 Å². The van der Waals surface area contributed by atoms with Crippen LogP contribution in [0.5, 0.6) is 0 Å². The van der Waals surface area contributed by atoms with Crippen molar-refractivity contribution in [2.45, 2.75) is 32.0 Å². The summed E-state index contributed by atoms with van der Waals surface area (Å²) in [5, 5.41) is -0.180. The summed E-state index contributed by atoms with van der Waals surface area (Å²) in [6.07, 6.45) is -4.14. The Morgan fingerprint density at radius 1 is 1.55 bits per heavy atom. The van der Waals surface area contributed by atoms with Gasteiger partial charge >= 0.3 is 12.1 Å². The first-order valence-electron chi connectivity index (χ1n) is 6.38. The molecule has 6 nitrogen and oxygen atoms in total. The van der Waals surface area contributed by atoms with Gasteiger partial charge < -0.3 is 15.4 Å². The van der Waals surface area contributed by atoms with Gasteiger partial charge in [-0.3, -0.25) is 0 Å². The van der Waals surface area contributed by atoms with E-state index in [1.165, 1.54) is 6.20 Å². The lowest BCUT2D eigenvalue weighted by atomic mass is 10.1. The first-order chi connectivity index (χ1) is 10.2. The molecule has 1 aromatic rings. The lowest BCUT2D eigenvalue weighted by Gasteiger charge is -2.31. The van der Waals surface area contributed by atoms with E-state index in [4.69, 9.17) is 17.3 Å². The molecule has 0 aromatic carbocycles. The van der Waals surface area contributed by atoms with Gasteiger partial charge in [-0.2, -0.15) is 18.2 Å². The molecule has 22 heavy (non-hydrogen) atoms. The van der Waals surface area contributed by atoms with E-state index in [2.05, 4.69) is 14.7 Å². The van der Waals surface area contributed by atoms with Crippen molar-refractivity contribution in [3.63, 3.8) is 0 Å². The molecule has 1 heterocycles. The number of alkyl halides is 3. The van der Waals surface area contributed by atoms with Gasteiger partial charge in [0.25, 0.3) is 0 Å². The van der Waals surface area contributed by atoms with Gasteiger partial charge in [0.2, 0.25) is 5.28 Å². The summed E-state index contributed by atoms with van der Waals surface area (Å²) in [5.41, 5.74) is 5.73. The molecule has 0 fully saturated rings. The normalized spacial score (nSPS) is 12.8. The highest BCUT2D eigenvalue weighted by molar-refractivity contribution is 6.28. The number of ether oxygens (including phenoxy) is 1. The quantitative estimate of drug-likeness (QED) is 0.632. The highest BCUT2D eigenvalue weighted by Gasteiger charge is 2.33. The molecule has 2 N–H and O–H groups in total. The number of carbonyl (C=O) groups excluding carboxylic acids is 1. The number of nitrogens with two attached hydrogens (primary N) is 1. The van der Waals surface area contributed by atoms with Gasteiger partial charge in [0.05, 0.1) is 25.4 Å². The Kier molecular flexibility index (Phi) is 6.21. The van der Waals surface area contributed by atoms with Crippen LogP contribution in [0.2, 0.25) is 5.28 Å². The van der Waals surface area contributed by atoms with Gasteiger partial charge in [0.1, 0.15) is 6.04 Å². The highest BCUT2D eigenvalue weighted by atomic mass is 35.5. The molecule has 1 aromatic heterocycles. The highest BCUT2D eigenvalue weighted by Crippen LogP contribution is 2.28. The molecule has 0 amide bonds. The van der Waals surface area contributed by atoms with Crippen LogP contribution >= 0.6 is 11.6 Å². The van der Waals surface area contributed by atoms with Crippen LogP contribution in [-0.4, -0.2) is 41.8 Å². The number of esters is 1. The van der Waals surface area contributed by atoms with Crippen LogP contribution in [0.25, 0.3) is 0 Å². The Balaban J connectivity index is 3.19. The van der Waals surface area contributed by atoms with E-state index in [1.807, 2.05) is 0 Å². The molecule has 0 unspecified atom stereocenters. The molecular formula is C12H16ClF3N4O2. The zero-order chi connectivity index (χ0) is 16.9. The predicted molar refractivity (Wildman–Crippen MR) is 75.6 cm³/mol. The third-order valence-electron chi connectivity index (χ3n) is 2.91. The number of rotatable bonds is 6. The number of methoxy groups -OCH3 is 1. The summed E-state index contributed by atoms with van der Waals surface area (Å²) in [4.78, 5) is 20.4. The van der Waals surface area contributed by atoms with Crippen LogP contribution in [-0.2, 0) is 9.53 Å². The molecule has 0 aliphatic carbocycles. The molecular weight excluding hydrogens is 325 g/mol. The zero-order valence-electron chi connectivity index (χ0n) is 12.0. The summed E-state index contributed by atoms with van der Waals surface area (Å²) in [6, 6.07) is -0.958. The summed E-state index contributed by atoms with van der Waals surface area (Å²) >= 11 is 5.67. The number of halogens is 4. The van der Waals surface area contributed by atoms with E-state index in [0.29, 0.717) is 0 Å². The molecule has 124 valence electrons. The molecule has 1 rings (SSSR count). The first-order valence-corrected chi connectivity index (χ1v) is 6.76. The fourth-order valence-corrected chi connectivity index (χ4v) is 2.03. The molecule has 0 saturated heterocycles. The monoisotopic (exact) mass is 340 g/mol. The summed E-state index contributed by atoms with van der Waals surface area (Å²) < 4.78 is 42.2. The Hall–Kier alpha value is -1.77. The summed E-state index contributed by atoms with van der Waals surface area (Å²) in [5.74, 6) is -0.708. The number of anilines is 2. The standard InChI is InChI=1S/C12H16ClF3N4O2/c1-3-8(10(21)22-2)20(5-4-12(14,15)16)9-7(17)6-18-11(13)19-9/h6,8H,3-5,17H2,1-2H3/t8-/m1/s1. The number of hydrogen-bond acceptors (Lipinski definition) is 6. The smallest absolute Gasteiger partial charge is 0.390 e. The fourth-order valence-electron chi connectivity index (χ4n) is 1.90. The van der Waals surface area contributed by atoms with Gasteiger partial charge in [-0.25, -0.2) is 9.78 Å². The summed E-state index contributed by atoms with van der Waals surface area (Å²) in [7, 11) is 1.16. The van der Waals surface area contributed by atoms with E-state index in [0.717, 1.165) is 12.0 Å². The number of carbonyl (C=O) groups is 1. The lowest BCUT2D eigenvalue weighted by molar-refractivity contribution is -0.144. The maximum absolute atomic E-state index is 12.5. The van der Waals surface area contributed by atoms with E-state index in [1.54, 1.807) is 6.92 Å². The van der Waals surface area contributed by atoms with Crippen LogP contribution in [0.4, 0.5) is 24.7 Å². The Morgan fingerprint density at radius 3 is 2.68 bits per heavy atom. The van der Waals surface area contributed by atoms with Crippen molar-refractivity contribution in [3.8, 4) is 0 Å². The van der Waals surface area contributed by atoms with E-state index >= 15 is 0 Å². The van der Waals surface area contributed by atoms with Gasteiger partial charge in [-0.05, 0) is 18.0 Å². The van der Waals surface area contributed by atoms with Crippen molar-refractivity contribution in [2.24, 2.45) is 0 Å². The SMILES string of the molecule is CC[C@H](C(=O)OC)N(CCC(F)(F)F)c1nc(Cl)ncc1N. The molecule has 0 radical (unpaired) electrons. The maximum Gasteiger partial charge on any atom is 0.390 e. The van der Waals surface area contributed by atoms with Crippen LogP contribution in [0.1, 0.15) is 19.8 Å². The first kappa shape index (κ1) is 18.3. The average molecular weight is 341 g/mol. The second-order valence-corrected chi connectivity index (χ2v) is 4.76. The maximum atomic E-state index is 12.5. The molecule has 1 atom stereocenters. The molecule has 0 spiro atoms. The number of hydrogen-bond donors (Lipinski definition) is 1. The Bertz CT molecular complexity index is 528. The van der Waals surface area contributed by atoms with Crippen LogP contribution < -0.4 is 10.6 Å². The van der Waals surface area contributed by atoms with Crippen molar-refractivity contribution in [1.29, 1.82) is 0 Å². The average Bonchev–Trinajstić information content (AvgIpc) is 2.44. The third-order valence-corrected chi connectivity index (χ3v) is 3.09. The van der Waals surface area contributed by atoms with E-state index in [9.17, 15) is 18.0 Å². The van der Waals surface area contributed by atoms with Gasteiger partial charge in [-0.1, -0.05) is 6.92 Å². The molecule has 0 aliphatic heterocycles. The minimum Gasteiger partial charge on any atom is -0.467 e. The summed E-state index contributed by atoms with van der Waals surface area (Å²) in [6.45, 7) is 1.13. The van der Waals surface area contributed by atoms with Crippen LogP contribution in [0.15, 0.2) is 6.20 Å². The molecule has 0 bridgehead atoms. The van der Waals surface area contributed by atoms with Gasteiger partial charge in [0, 0.05) is 6.54 Å². The Labute approximate surface area is 130 Å². The van der Waals surface area contributed by atoms with Gasteiger partial charge in [0.15, 0.2) is 5.82 Å². The second-order valence-electron chi connectivity index (χ2n) is 4.42. The predicted octanol–water partition coefficient (Wildman–Crippen LogP) is 2.42. The van der Waals surface area contributed by atoms with E-state index < -0.39 is 31.2 Å². The number of nitrogens with zero attached hydrogens (tertiary/aromatic N) is 3.